The Hall–Kier alpha value is -3.35. The summed E-state index contributed by atoms with van der Waals surface area (Å²) in [7, 11) is 1.85. The van der Waals surface area contributed by atoms with Crippen molar-refractivity contribution in [2.24, 2.45) is 7.05 Å². The molecule has 124 valence electrons. The van der Waals surface area contributed by atoms with Crippen molar-refractivity contribution < 1.29 is 4.39 Å². The smallest absolute Gasteiger partial charge is 0.151 e. The summed E-state index contributed by atoms with van der Waals surface area (Å²) in [5, 5.41) is 7.72. The minimum Gasteiger partial charge on any atom is -0.353 e. The molecule has 25 heavy (non-hydrogen) atoms. The second kappa shape index (κ2) is 5.94. The van der Waals surface area contributed by atoms with E-state index in [1.807, 2.05) is 32.3 Å². The monoisotopic (exact) mass is 334 g/mol. The number of hydrogen-bond donors (Lipinski definition) is 1. The first-order valence-corrected chi connectivity index (χ1v) is 7.75. The SMILES string of the molecule is Cc1ccc(F)c(-c2cc(Nc3ccnc4cn(C)nc34)ccn2)n1. The van der Waals surface area contributed by atoms with Crippen LogP contribution in [0.3, 0.4) is 0 Å². The van der Waals surface area contributed by atoms with Gasteiger partial charge in [-0.25, -0.2) is 9.37 Å². The number of fused-ring (bicyclic) bond motifs is 1. The quantitative estimate of drug-likeness (QED) is 0.620. The first-order chi connectivity index (χ1) is 12.1. The molecule has 0 aliphatic rings. The van der Waals surface area contributed by atoms with Gasteiger partial charge in [0.1, 0.15) is 16.7 Å². The summed E-state index contributed by atoms with van der Waals surface area (Å²) in [5.41, 5.74) is 4.60. The molecule has 0 radical (unpaired) electrons. The third-order valence-corrected chi connectivity index (χ3v) is 3.79. The van der Waals surface area contributed by atoms with Gasteiger partial charge < -0.3 is 5.32 Å². The average molecular weight is 334 g/mol. The molecule has 4 rings (SSSR count). The second-order valence-electron chi connectivity index (χ2n) is 5.73. The molecule has 0 saturated heterocycles. The predicted octanol–water partition coefficient (Wildman–Crippen LogP) is 3.62. The Morgan fingerprint density at radius 2 is 1.92 bits per heavy atom. The highest BCUT2D eigenvalue weighted by molar-refractivity contribution is 5.89. The van der Waals surface area contributed by atoms with Gasteiger partial charge >= 0.3 is 0 Å². The van der Waals surface area contributed by atoms with Crippen molar-refractivity contribution >= 4 is 22.4 Å². The fourth-order valence-electron chi connectivity index (χ4n) is 2.65. The number of nitrogens with zero attached hydrogens (tertiary/aromatic N) is 5. The van der Waals surface area contributed by atoms with Crippen LogP contribution in [0.1, 0.15) is 5.69 Å². The Kier molecular flexibility index (Phi) is 3.61. The number of pyridine rings is 3. The normalized spacial score (nSPS) is 11.0. The number of rotatable bonds is 3. The van der Waals surface area contributed by atoms with E-state index in [4.69, 9.17) is 0 Å². The Balaban J connectivity index is 1.73. The molecule has 0 saturated carbocycles. The van der Waals surface area contributed by atoms with Crippen LogP contribution in [0.4, 0.5) is 15.8 Å². The molecule has 0 spiro atoms. The van der Waals surface area contributed by atoms with Crippen LogP contribution in [0.5, 0.6) is 0 Å². The maximum absolute atomic E-state index is 14.1. The minimum absolute atomic E-state index is 0.237. The lowest BCUT2D eigenvalue weighted by Gasteiger charge is -2.09. The largest absolute Gasteiger partial charge is 0.353 e. The summed E-state index contributed by atoms with van der Waals surface area (Å²) < 4.78 is 15.8. The lowest BCUT2D eigenvalue weighted by Crippen LogP contribution is -1.97. The van der Waals surface area contributed by atoms with E-state index in [1.165, 1.54) is 6.07 Å². The molecule has 4 heterocycles. The van der Waals surface area contributed by atoms with Crippen LogP contribution < -0.4 is 5.32 Å². The lowest BCUT2D eigenvalue weighted by atomic mass is 10.2. The molecule has 0 fully saturated rings. The Labute approximate surface area is 143 Å². The maximum atomic E-state index is 14.1. The van der Waals surface area contributed by atoms with Gasteiger partial charge in [-0.15, -0.1) is 0 Å². The van der Waals surface area contributed by atoms with E-state index < -0.39 is 5.82 Å². The first-order valence-electron chi connectivity index (χ1n) is 7.75. The Bertz CT molecular complexity index is 1070. The van der Waals surface area contributed by atoms with Gasteiger partial charge in [0.25, 0.3) is 0 Å². The molecule has 0 aliphatic carbocycles. The third-order valence-electron chi connectivity index (χ3n) is 3.79. The van der Waals surface area contributed by atoms with E-state index >= 15 is 0 Å². The van der Waals surface area contributed by atoms with E-state index in [2.05, 4.69) is 25.4 Å². The molecule has 1 N–H and O–H groups in total. The van der Waals surface area contributed by atoms with Crippen LogP contribution in [-0.2, 0) is 7.05 Å². The first kappa shape index (κ1) is 15.2. The molecule has 7 heteroatoms. The minimum atomic E-state index is -0.397. The second-order valence-corrected chi connectivity index (χ2v) is 5.73. The van der Waals surface area contributed by atoms with Gasteiger partial charge in [0, 0.05) is 30.8 Å². The highest BCUT2D eigenvalue weighted by Gasteiger charge is 2.11. The van der Waals surface area contributed by atoms with Crippen molar-refractivity contribution in [1.29, 1.82) is 0 Å². The summed E-state index contributed by atoms with van der Waals surface area (Å²) in [5.74, 6) is -0.397. The van der Waals surface area contributed by atoms with Crippen molar-refractivity contribution in [3.05, 3.63) is 60.4 Å². The standard InChI is InChI=1S/C18H15FN6/c1-11-3-4-13(19)17(22-11)15-9-12(5-7-20-15)23-14-6-8-21-16-10-25(2)24-18(14)16/h3-10H,1-2H3,(H,20,23). The number of hydrogen-bond acceptors (Lipinski definition) is 5. The van der Waals surface area contributed by atoms with Gasteiger partial charge in [-0.05, 0) is 37.3 Å². The van der Waals surface area contributed by atoms with Crippen molar-refractivity contribution in [2.75, 3.05) is 5.32 Å². The third kappa shape index (κ3) is 2.91. The molecule has 0 atom stereocenters. The zero-order valence-electron chi connectivity index (χ0n) is 13.7. The highest BCUT2D eigenvalue weighted by atomic mass is 19.1. The van der Waals surface area contributed by atoms with Crippen molar-refractivity contribution in [3.8, 4) is 11.4 Å². The molecule has 0 unspecified atom stereocenters. The molecule has 4 aromatic heterocycles. The predicted molar refractivity (Wildman–Crippen MR) is 94.0 cm³/mol. The highest BCUT2D eigenvalue weighted by Crippen LogP contribution is 2.26. The molecular formula is C18H15FN6. The van der Waals surface area contributed by atoms with Gasteiger partial charge in [-0.3, -0.25) is 14.6 Å². The summed E-state index contributed by atoms with van der Waals surface area (Å²) in [6, 6.07) is 8.46. The van der Waals surface area contributed by atoms with Gasteiger partial charge in [0.05, 0.1) is 17.6 Å². The van der Waals surface area contributed by atoms with Gasteiger partial charge in [-0.1, -0.05) is 0 Å². The van der Waals surface area contributed by atoms with Crippen molar-refractivity contribution in [1.82, 2.24) is 24.7 Å². The van der Waals surface area contributed by atoms with Crippen LogP contribution in [0, 0.1) is 12.7 Å². The van der Waals surface area contributed by atoms with Crippen molar-refractivity contribution in [3.63, 3.8) is 0 Å². The summed E-state index contributed by atoms with van der Waals surface area (Å²) in [6.45, 7) is 1.82. The van der Waals surface area contributed by atoms with Gasteiger partial charge in [-0.2, -0.15) is 5.10 Å². The van der Waals surface area contributed by atoms with Crippen LogP contribution in [-0.4, -0.2) is 24.7 Å². The zero-order valence-corrected chi connectivity index (χ0v) is 13.7. The molecule has 6 nitrogen and oxygen atoms in total. The summed E-state index contributed by atoms with van der Waals surface area (Å²) in [6.07, 6.45) is 5.19. The lowest BCUT2D eigenvalue weighted by molar-refractivity contribution is 0.624. The van der Waals surface area contributed by atoms with E-state index in [0.717, 1.165) is 28.1 Å². The van der Waals surface area contributed by atoms with Crippen LogP contribution >= 0.6 is 0 Å². The van der Waals surface area contributed by atoms with Gasteiger partial charge in [0.15, 0.2) is 5.82 Å². The Morgan fingerprint density at radius 1 is 1.08 bits per heavy atom. The summed E-state index contributed by atoms with van der Waals surface area (Å²) >= 11 is 0. The topological polar surface area (TPSA) is 68.5 Å². The fraction of sp³-hybridized carbons (Fsp3) is 0.111. The number of aromatic nitrogens is 5. The van der Waals surface area contributed by atoms with Gasteiger partial charge in [0.2, 0.25) is 0 Å². The summed E-state index contributed by atoms with van der Waals surface area (Å²) in [4.78, 5) is 12.8. The van der Waals surface area contributed by atoms with Crippen LogP contribution in [0.2, 0.25) is 0 Å². The number of aryl methyl sites for hydroxylation is 2. The fourth-order valence-corrected chi connectivity index (χ4v) is 2.65. The molecule has 0 aromatic carbocycles. The Morgan fingerprint density at radius 3 is 2.80 bits per heavy atom. The van der Waals surface area contributed by atoms with E-state index in [1.54, 1.807) is 29.2 Å². The van der Waals surface area contributed by atoms with Crippen LogP contribution in [0.25, 0.3) is 22.4 Å². The molecule has 0 bridgehead atoms. The molecule has 4 aromatic rings. The molecular weight excluding hydrogens is 319 g/mol. The van der Waals surface area contributed by atoms with E-state index in [9.17, 15) is 4.39 Å². The number of halogens is 1. The number of anilines is 2. The molecule has 0 amide bonds. The number of nitrogens with one attached hydrogen (secondary N) is 1. The zero-order chi connectivity index (χ0) is 17.4. The maximum Gasteiger partial charge on any atom is 0.151 e. The molecule has 0 aliphatic heterocycles. The van der Waals surface area contributed by atoms with Crippen LogP contribution in [0.15, 0.2) is 48.9 Å². The average Bonchev–Trinajstić information content (AvgIpc) is 2.99. The van der Waals surface area contributed by atoms with E-state index in [0.29, 0.717) is 5.69 Å². The van der Waals surface area contributed by atoms with E-state index in [-0.39, 0.29) is 5.69 Å². The van der Waals surface area contributed by atoms with Crippen molar-refractivity contribution in [2.45, 2.75) is 6.92 Å².